The number of aromatic amines is 1. The van der Waals surface area contributed by atoms with Gasteiger partial charge in [0.25, 0.3) is 0 Å². The van der Waals surface area contributed by atoms with Gasteiger partial charge in [-0.1, -0.05) is 48.9 Å². The Morgan fingerprint density at radius 3 is 2.43 bits per heavy atom. The van der Waals surface area contributed by atoms with E-state index >= 15 is 0 Å². The highest BCUT2D eigenvalue weighted by Gasteiger charge is 2.19. The van der Waals surface area contributed by atoms with E-state index < -0.39 is 0 Å². The van der Waals surface area contributed by atoms with E-state index in [1.54, 1.807) is 0 Å². The van der Waals surface area contributed by atoms with Gasteiger partial charge >= 0.3 is 0 Å². The van der Waals surface area contributed by atoms with Crippen molar-refractivity contribution >= 4 is 10.9 Å². The van der Waals surface area contributed by atoms with E-state index in [1.807, 2.05) is 49.5 Å². The fourth-order valence-corrected chi connectivity index (χ4v) is 6.33. The maximum absolute atomic E-state index is 11.0. The number of piperidine rings is 1. The predicted octanol–water partition coefficient (Wildman–Crippen LogP) is 8.37. The van der Waals surface area contributed by atoms with E-state index in [4.69, 9.17) is 9.47 Å². The molecule has 5 heteroatoms. The quantitative estimate of drug-likeness (QED) is 0.180. The number of phenolic OH excluding ortho intramolecular Hbond substituents is 1. The van der Waals surface area contributed by atoms with Gasteiger partial charge in [-0.3, -0.25) is 4.90 Å². The Morgan fingerprint density at radius 1 is 0.833 bits per heavy atom. The molecule has 5 nitrogen and oxygen atoms in total. The maximum Gasteiger partial charge on any atom is 0.123 e. The zero-order chi connectivity index (χ0) is 28.9. The van der Waals surface area contributed by atoms with Gasteiger partial charge in [0.2, 0.25) is 0 Å². The number of likely N-dealkylation sites (tertiary alicyclic amines) is 1. The molecule has 42 heavy (non-hydrogen) atoms. The second-order valence-electron chi connectivity index (χ2n) is 11.2. The predicted molar refractivity (Wildman–Crippen MR) is 172 cm³/mol. The summed E-state index contributed by atoms with van der Waals surface area (Å²) in [5.41, 5.74) is 8.65. The summed E-state index contributed by atoms with van der Waals surface area (Å²) in [5, 5.41) is 12.2. The lowest BCUT2D eigenvalue weighted by Crippen LogP contribution is -2.33. The molecule has 1 saturated heterocycles. The third-order valence-electron chi connectivity index (χ3n) is 8.49. The van der Waals surface area contributed by atoms with E-state index in [1.165, 1.54) is 48.9 Å². The van der Waals surface area contributed by atoms with Crippen molar-refractivity contribution in [3.8, 4) is 39.5 Å². The van der Waals surface area contributed by atoms with Crippen LogP contribution in [0.5, 0.6) is 17.2 Å². The topological polar surface area (TPSA) is 57.7 Å². The molecule has 4 aromatic carbocycles. The Hall–Kier alpha value is -4.22. The first-order valence-corrected chi connectivity index (χ1v) is 15.2. The number of hydrogen-bond acceptors (Lipinski definition) is 4. The van der Waals surface area contributed by atoms with Crippen molar-refractivity contribution in [1.29, 1.82) is 0 Å². The van der Waals surface area contributed by atoms with Crippen molar-refractivity contribution in [3.05, 3.63) is 102 Å². The molecule has 216 valence electrons. The zero-order valence-electron chi connectivity index (χ0n) is 24.7. The van der Waals surface area contributed by atoms with Crippen LogP contribution in [0.1, 0.15) is 42.9 Å². The summed E-state index contributed by atoms with van der Waals surface area (Å²) >= 11 is 0. The summed E-state index contributed by atoms with van der Waals surface area (Å²) in [6.07, 6.45) is 6.67. The lowest BCUT2D eigenvalue weighted by Gasteiger charge is -2.26. The molecule has 0 bridgehead atoms. The number of fused-ring (bicyclic) bond motifs is 1. The zero-order valence-corrected chi connectivity index (χ0v) is 24.7. The number of nitrogens with one attached hydrogen (secondary N) is 1. The average Bonchev–Trinajstić information content (AvgIpc) is 3.50. The number of hydrogen-bond donors (Lipinski definition) is 2. The van der Waals surface area contributed by atoms with E-state index in [0.717, 1.165) is 57.8 Å². The smallest absolute Gasteiger partial charge is 0.123 e. The van der Waals surface area contributed by atoms with Crippen LogP contribution < -0.4 is 9.47 Å². The Balaban J connectivity index is 1.35. The van der Waals surface area contributed by atoms with Crippen molar-refractivity contribution in [1.82, 2.24) is 9.88 Å². The molecular weight excluding hydrogens is 520 g/mol. The number of para-hydroxylation sites is 1. The Morgan fingerprint density at radius 2 is 1.62 bits per heavy atom. The molecule has 0 aliphatic carbocycles. The van der Waals surface area contributed by atoms with Gasteiger partial charge in [-0.2, -0.15) is 0 Å². The first-order chi connectivity index (χ1) is 20.6. The minimum Gasteiger partial charge on any atom is -0.507 e. The van der Waals surface area contributed by atoms with Crippen LogP contribution >= 0.6 is 0 Å². The highest BCUT2D eigenvalue weighted by molar-refractivity contribution is 5.93. The molecule has 0 unspecified atom stereocenters. The first-order valence-electron chi connectivity index (χ1n) is 15.2. The van der Waals surface area contributed by atoms with Crippen LogP contribution in [-0.2, 0) is 6.42 Å². The molecule has 0 atom stereocenters. The van der Waals surface area contributed by atoms with E-state index in [9.17, 15) is 5.11 Å². The van der Waals surface area contributed by atoms with Crippen LogP contribution in [0.25, 0.3) is 33.2 Å². The summed E-state index contributed by atoms with van der Waals surface area (Å²) in [7, 11) is 0. The molecule has 0 radical (unpaired) electrons. The average molecular weight is 561 g/mol. The number of benzene rings is 4. The van der Waals surface area contributed by atoms with Crippen LogP contribution in [0.3, 0.4) is 0 Å². The van der Waals surface area contributed by atoms with Gasteiger partial charge in [-0.15, -0.1) is 0 Å². The molecule has 1 aliphatic heterocycles. The fraction of sp³-hybridized carbons (Fsp3) is 0.297. The maximum atomic E-state index is 11.0. The third-order valence-corrected chi connectivity index (χ3v) is 8.49. The van der Waals surface area contributed by atoms with Gasteiger partial charge in [0.15, 0.2) is 0 Å². The Bertz CT molecular complexity index is 1650. The van der Waals surface area contributed by atoms with E-state index in [2.05, 4.69) is 59.3 Å². The standard InChI is InChI=1S/C37H40N2O3/c1-3-41-29-13-11-27(12-14-29)37-26(2)30(16-18-35(37)40)31-15-17-34-32(19-20-38-34)33(31)25-28-9-5-6-10-36(28)42-24-23-39-21-7-4-8-22-39/h5-6,9-20,38,40H,3-4,7-8,21-25H2,1-2H3. The monoisotopic (exact) mass is 560 g/mol. The van der Waals surface area contributed by atoms with Gasteiger partial charge in [0.05, 0.1) is 6.61 Å². The molecule has 1 aliphatic rings. The van der Waals surface area contributed by atoms with Crippen molar-refractivity contribution in [2.24, 2.45) is 0 Å². The summed E-state index contributed by atoms with van der Waals surface area (Å²) in [6.45, 7) is 8.71. The van der Waals surface area contributed by atoms with E-state index in [0.29, 0.717) is 13.2 Å². The highest BCUT2D eigenvalue weighted by Crippen LogP contribution is 2.41. The van der Waals surface area contributed by atoms with Crippen molar-refractivity contribution in [2.75, 3.05) is 32.8 Å². The third kappa shape index (κ3) is 5.88. The van der Waals surface area contributed by atoms with Crippen molar-refractivity contribution in [3.63, 3.8) is 0 Å². The normalized spacial score (nSPS) is 13.9. The molecule has 0 spiro atoms. The van der Waals surface area contributed by atoms with Crippen molar-refractivity contribution in [2.45, 2.75) is 39.5 Å². The number of rotatable bonds is 10. The summed E-state index contributed by atoms with van der Waals surface area (Å²) in [4.78, 5) is 5.91. The molecule has 1 fully saturated rings. The molecule has 2 heterocycles. The van der Waals surface area contributed by atoms with Crippen LogP contribution in [0.2, 0.25) is 0 Å². The van der Waals surface area contributed by atoms with Crippen LogP contribution in [0, 0.1) is 6.92 Å². The molecule has 5 aromatic rings. The number of phenols is 1. The number of aromatic nitrogens is 1. The second kappa shape index (κ2) is 12.7. The van der Waals surface area contributed by atoms with Gasteiger partial charge in [-0.05, 0) is 110 Å². The molecule has 0 amide bonds. The van der Waals surface area contributed by atoms with Gasteiger partial charge in [-0.25, -0.2) is 0 Å². The number of ether oxygens (including phenoxy) is 2. The summed E-state index contributed by atoms with van der Waals surface area (Å²) in [5.74, 6) is 2.05. The number of H-pyrrole nitrogens is 1. The minimum absolute atomic E-state index is 0.275. The largest absolute Gasteiger partial charge is 0.507 e. The SMILES string of the molecule is CCOc1ccc(-c2c(O)ccc(-c3ccc4[nH]ccc4c3Cc3ccccc3OCCN3CCCCC3)c2C)cc1. The molecule has 0 saturated carbocycles. The molecule has 2 N–H and O–H groups in total. The second-order valence-corrected chi connectivity index (χ2v) is 11.2. The first kappa shape index (κ1) is 27.9. The molecular formula is C37H40N2O3. The lowest BCUT2D eigenvalue weighted by molar-refractivity contribution is 0.183. The van der Waals surface area contributed by atoms with Crippen LogP contribution in [0.15, 0.2) is 85.1 Å². The van der Waals surface area contributed by atoms with Gasteiger partial charge in [0, 0.05) is 35.6 Å². The molecule has 6 rings (SSSR count). The highest BCUT2D eigenvalue weighted by atomic mass is 16.5. The summed E-state index contributed by atoms with van der Waals surface area (Å²) in [6, 6.07) is 26.8. The van der Waals surface area contributed by atoms with Crippen LogP contribution in [0.4, 0.5) is 0 Å². The van der Waals surface area contributed by atoms with E-state index in [-0.39, 0.29) is 5.75 Å². The lowest BCUT2D eigenvalue weighted by atomic mass is 9.87. The number of aromatic hydroxyl groups is 1. The van der Waals surface area contributed by atoms with Gasteiger partial charge in [0.1, 0.15) is 23.9 Å². The van der Waals surface area contributed by atoms with Gasteiger partial charge < -0.3 is 19.6 Å². The van der Waals surface area contributed by atoms with Crippen molar-refractivity contribution < 1.29 is 14.6 Å². The Labute approximate surface area is 248 Å². The fourth-order valence-electron chi connectivity index (χ4n) is 6.33. The van der Waals surface area contributed by atoms with Crippen LogP contribution in [-0.4, -0.2) is 47.8 Å². The number of nitrogens with zero attached hydrogens (tertiary/aromatic N) is 1. The minimum atomic E-state index is 0.275. The molecule has 1 aromatic heterocycles. The summed E-state index contributed by atoms with van der Waals surface area (Å²) < 4.78 is 12.0. The Kier molecular flexibility index (Phi) is 8.47.